The number of hydrogen-bond acceptors (Lipinski definition) is 5. The van der Waals surface area contributed by atoms with E-state index in [0.29, 0.717) is 18.2 Å². The molecule has 0 radical (unpaired) electrons. The zero-order chi connectivity index (χ0) is 16.9. The molecule has 5 nitrogen and oxygen atoms in total. The molecule has 1 saturated carbocycles. The molecule has 2 heterocycles. The van der Waals surface area contributed by atoms with Gasteiger partial charge in [0, 0.05) is 37.9 Å². The lowest BCUT2D eigenvalue weighted by molar-refractivity contribution is 0.0785. The topological polar surface area (TPSA) is 49.3 Å². The number of aromatic nitrogens is 2. The molecule has 0 aliphatic heterocycles. The van der Waals surface area contributed by atoms with Crippen LogP contribution >= 0.6 is 11.3 Å². The molecule has 128 valence electrons. The summed E-state index contributed by atoms with van der Waals surface area (Å²) >= 11 is 1.57. The van der Waals surface area contributed by atoms with Crippen molar-refractivity contribution in [3.05, 3.63) is 40.5 Å². The summed E-state index contributed by atoms with van der Waals surface area (Å²) in [7, 11) is 3.89. The molecule has 0 spiro atoms. The van der Waals surface area contributed by atoms with Gasteiger partial charge in [-0.05, 0) is 25.0 Å². The predicted molar refractivity (Wildman–Crippen MR) is 97.4 cm³/mol. The summed E-state index contributed by atoms with van der Waals surface area (Å²) in [5, 5.41) is 2.87. The van der Waals surface area contributed by atoms with Gasteiger partial charge in [0.25, 0.3) is 5.91 Å². The molecule has 1 aliphatic carbocycles. The number of hydrogen-bond donors (Lipinski definition) is 0. The monoisotopic (exact) mass is 344 g/mol. The van der Waals surface area contributed by atoms with Crippen LogP contribution in [0.2, 0.25) is 0 Å². The highest BCUT2D eigenvalue weighted by Crippen LogP contribution is 2.27. The molecule has 0 N–H and O–H groups in total. The number of pyridine rings is 1. The molecule has 0 aromatic carbocycles. The SMILES string of the molecule is CN(Cc1nccs1)C(=O)c1cccnc1N(C)C1CCCCC1. The van der Waals surface area contributed by atoms with Crippen molar-refractivity contribution in [1.82, 2.24) is 14.9 Å². The van der Waals surface area contributed by atoms with Crippen LogP contribution in [0.3, 0.4) is 0 Å². The Bertz CT molecular complexity index is 667. The first-order chi connectivity index (χ1) is 11.7. The second-order valence-corrected chi connectivity index (χ2v) is 7.34. The molecule has 1 fully saturated rings. The van der Waals surface area contributed by atoms with Gasteiger partial charge in [-0.2, -0.15) is 0 Å². The van der Waals surface area contributed by atoms with E-state index in [4.69, 9.17) is 0 Å². The smallest absolute Gasteiger partial charge is 0.257 e. The van der Waals surface area contributed by atoms with Crippen molar-refractivity contribution in [2.24, 2.45) is 0 Å². The summed E-state index contributed by atoms with van der Waals surface area (Å²) in [6.07, 6.45) is 9.72. The van der Waals surface area contributed by atoms with Gasteiger partial charge in [0.15, 0.2) is 0 Å². The van der Waals surface area contributed by atoms with E-state index in [0.717, 1.165) is 10.8 Å². The lowest BCUT2D eigenvalue weighted by atomic mass is 9.94. The van der Waals surface area contributed by atoms with E-state index in [1.165, 1.54) is 32.1 Å². The first kappa shape index (κ1) is 16.9. The summed E-state index contributed by atoms with van der Waals surface area (Å²) in [4.78, 5) is 25.6. The van der Waals surface area contributed by atoms with Gasteiger partial charge in [0.1, 0.15) is 10.8 Å². The highest BCUT2D eigenvalue weighted by atomic mass is 32.1. The number of amides is 1. The Labute approximate surface area is 147 Å². The van der Waals surface area contributed by atoms with Crippen LogP contribution < -0.4 is 4.90 Å². The fourth-order valence-electron chi connectivity index (χ4n) is 3.30. The van der Waals surface area contributed by atoms with Crippen LogP contribution in [0, 0.1) is 0 Å². The van der Waals surface area contributed by atoms with Gasteiger partial charge < -0.3 is 9.80 Å². The summed E-state index contributed by atoms with van der Waals surface area (Å²) in [6.45, 7) is 0.526. The van der Waals surface area contributed by atoms with Crippen molar-refractivity contribution >= 4 is 23.1 Å². The van der Waals surface area contributed by atoms with Crippen LogP contribution in [0.4, 0.5) is 5.82 Å². The van der Waals surface area contributed by atoms with Crippen LogP contribution in [-0.4, -0.2) is 40.9 Å². The van der Waals surface area contributed by atoms with E-state index in [1.54, 1.807) is 28.6 Å². The minimum Gasteiger partial charge on any atom is -0.356 e. The first-order valence-electron chi connectivity index (χ1n) is 8.48. The number of rotatable bonds is 5. The number of anilines is 1. The maximum absolute atomic E-state index is 12.9. The van der Waals surface area contributed by atoms with Gasteiger partial charge in [-0.3, -0.25) is 4.79 Å². The van der Waals surface area contributed by atoms with Crippen LogP contribution in [0.15, 0.2) is 29.9 Å². The van der Waals surface area contributed by atoms with Crippen molar-refractivity contribution in [2.45, 2.75) is 44.7 Å². The Morgan fingerprint density at radius 1 is 1.21 bits per heavy atom. The first-order valence-corrected chi connectivity index (χ1v) is 9.36. The molecule has 2 aromatic rings. The molecule has 0 saturated heterocycles. The lowest BCUT2D eigenvalue weighted by Crippen LogP contribution is -2.36. The summed E-state index contributed by atoms with van der Waals surface area (Å²) in [5.41, 5.74) is 0.671. The Morgan fingerprint density at radius 2 is 2.00 bits per heavy atom. The second kappa shape index (κ2) is 7.75. The maximum atomic E-state index is 12.9. The largest absolute Gasteiger partial charge is 0.356 e. The van der Waals surface area contributed by atoms with Gasteiger partial charge in [-0.15, -0.1) is 11.3 Å². The van der Waals surface area contributed by atoms with Crippen molar-refractivity contribution < 1.29 is 4.79 Å². The normalized spacial score (nSPS) is 15.2. The average molecular weight is 344 g/mol. The summed E-state index contributed by atoms with van der Waals surface area (Å²) in [5.74, 6) is 0.788. The van der Waals surface area contributed by atoms with E-state index in [1.807, 2.05) is 24.6 Å². The highest BCUT2D eigenvalue weighted by Gasteiger charge is 2.24. The summed E-state index contributed by atoms with van der Waals surface area (Å²) in [6, 6.07) is 4.19. The van der Waals surface area contributed by atoms with Crippen LogP contribution in [0.5, 0.6) is 0 Å². The van der Waals surface area contributed by atoms with Crippen molar-refractivity contribution in [3.8, 4) is 0 Å². The predicted octanol–water partition coefficient (Wildman–Crippen LogP) is 3.58. The zero-order valence-electron chi connectivity index (χ0n) is 14.3. The fourth-order valence-corrected chi connectivity index (χ4v) is 3.97. The molecule has 1 aliphatic rings. The number of nitrogens with zero attached hydrogens (tertiary/aromatic N) is 4. The van der Waals surface area contributed by atoms with E-state index < -0.39 is 0 Å². The Kier molecular flexibility index (Phi) is 5.45. The third kappa shape index (κ3) is 3.75. The van der Waals surface area contributed by atoms with Crippen molar-refractivity contribution in [2.75, 3.05) is 19.0 Å². The molecule has 3 rings (SSSR count). The molecule has 0 atom stereocenters. The van der Waals surface area contributed by atoms with E-state index >= 15 is 0 Å². The van der Waals surface area contributed by atoms with Crippen LogP contribution in [0.1, 0.15) is 47.5 Å². The third-order valence-corrected chi connectivity index (χ3v) is 5.44. The standard InChI is InChI=1S/C18H24N4OS/c1-21(13-16-19-11-12-24-16)18(23)15-9-6-10-20-17(15)22(2)14-7-4-3-5-8-14/h6,9-12,14H,3-5,7-8,13H2,1-2H3. The molecular weight excluding hydrogens is 320 g/mol. The van der Waals surface area contributed by atoms with Crippen LogP contribution in [0.25, 0.3) is 0 Å². The van der Waals surface area contributed by atoms with E-state index in [2.05, 4.69) is 21.9 Å². The van der Waals surface area contributed by atoms with Gasteiger partial charge in [-0.25, -0.2) is 9.97 Å². The molecule has 2 aromatic heterocycles. The number of carbonyl (C=O) groups excluding carboxylic acids is 1. The molecule has 24 heavy (non-hydrogen) atoms. The maximum Gasteiger partial charge on any atom is 0.257 e. The Hall–Kier alpha value is -1.95. The van der Waals surface area contributed by atoms with Crippen molar-refractivity contribution in [1.29, 1.82) is 0 Å². The van der Waals surface area contributed by atoms with Gasteiger partial charge in [0.05, 0.1) is 12.1 Å². The van der Waals surface area contributed by atoms with Crippen LogP contribution in [-0.2, 0) is 6.54 Å². The Morgan fingerprint density at radius 3 is 2.71 bits per heavy atom. The quantitative estimate of drug-likeness (QED) is 0.832. The zero-order valence-corrected chi connectivity index (χ0v) is 15.1. The second-order valence-electron chi connectivity index (χ2n) is 6.36. The molecular formula is C18H24N4OS. The fraction of sp³-hybridized carbons (Fsp3) is 0.500. The van der Waals surface area contributed by atoms with E-state index in [9.17, 15) is 4.79 Å². The molecule has 1 amide bonds. The number of carbonyl (C=O) groups is 1. The minimum atomic E-state index is -0.00374. The lowest BCUT2D eigenvalue weighted by Gasteiger charge is -2.33. The third-order valence-electron chi connectivity index (χ3n) is 4.68. The summed E-state index contributed by atoms with van der Waals surface area (Å²) < 4.78 is 0. The minimum absolute atomic E-state index is 0.00374. The molecule has 0 unspecified atom stereocenters. The highest BCUT2D eigenvalue weighted by molar-refractivity contribution is 7.09. The van der Waals surface area contributed by atoms with E-state index in [-0.39, 0.29) is 5.91 Å². The van der Waals surface area contributed by atoms with Gasteiger partial charge >= 0.3 is 0 Å². The van der Waals surface area contributed by atoms with Gasteiger partial charge in [0.2, 0.25) is 0 Å². The van der Waals surface area contributed by atoms with Gasteiger partial charge in [-0.1, -0.05) is 19.3 Å². The Balaban J connectivity index is 1.78. The molecule has 0 bridgehead atoms. The molecule has 6 heteroatoms. The average Bonchev–Trinajstić information content (AvgIpc) is 3.14. The number of thiazole rings is 1. The van der Waals surface area contributed by atoms with Crippen molar-refractivity contribution in [3.63, 3.8) is 0 Å².